The number of oxime groups is 1. The van der Waals surface area contributed by atoms with E-state index in [2.05, 4.69) is 10.5 Å². The van der Waals surface area contributed by atoms with Crippen LogP contribution < -0.4 is 11.1 Å². The molecule has 0 fully saturated rings. The second-order valence-electron chi connectivity index (χ2n) is 4.63. The standard InChI is InChI=1S/C13H21N3O2/c1-9(2)12(17)8-15-7-10-4-3-5-11(6-10)13(14)16-18/h3-6,9,12,15,17-18H,7-8H2,1-2H3,(H2,14,16). The lowest BCUT2D eigenvalue weighted by molar-refractivity contribution is 0.123. The number of aliphatic hydroxyl groups is 1. The zero-order chi connectivity index (χ0) is 13.5. The smallest absolute Gasteiger partial charge is 0.170 e. The minimum absolute atomic E-state index is 0.0964. The number of aliphatic hydroxyl groups excluding tert-OH is 1. The predicted octanol–water partition coefficient (Wildman–Crippen LogP) is 0.888. The molecule has 0 bridgehead atoms. The molecular formula is C13H21N3O2. The summed E-state index contributed by atoms with van der Waals surface area (Å²) in [7, 11) is 0. The molecule has 0 saturated heterocycles. The molecule has 1 rings (SSSR count). The average Bonchev–Trinajstić information content (AvgIpc) is 2.37. The van der Waals surface area contributed by atoms with Gasteiger partial charge in [0.2, 0.25) is 0 Å². The lowest BCUT2D eigenvalue weighted by atomic mass is 10.1. The number of rotatable bonds is 6. The van der Waals surface area contributed by atoms with Crippen LogP contribution in [0, 0.1) is 5.92 Å². The molecule has 0 radical (unpaired) electrons. The fraction of sp³-hybridized carbons (Fsp3) is 0.462. The highest BCUT2D eigenvalue weighted by molar-refractivity contribution is 5.97. The van der Waals surface area contributed by atoms with Crippen molar-refractivity contribution in [1.82, 2.24) is 5.32 Å². The molecule has 0 aliphatic heterocycles. The van der Waals surface area contributed by atoms with Crippen molar-refractivity contribution in [3.8, 4) is 0 Å². The monoisotopic (exact) mass is 251 g/mol. The molecule has 0 heterocycles. The Morgan fingerprint density at radius 3 is 2.78 bits per heavy atom. The zero-order valence-corrected chi connectivity index (χ0v) is 10.8. The highest BCUT2D eigenvalue weighted by atomic mass is 16.4. The average molecular weight is 251 g/mol. The molecule has 5 heteroatoms. The molecule has 18 heavy (non-hydrogen) atoms. The van der Waals surface area contributed by atoms with E-state index in [0.29, 0.717) is 18.7 Å². The van der Waals surface area contributed by atoms with E-state index in [0.717, 1.165) is 5.56 Å². The van der Waals surface area contributed by atoms with Crippen LogP contribution >= 0.6 is 0 Å². The van der Waals surface area contributed by atoms with Crippen LogP contribution in [0.4, 0.5) is 0 Å². The van der Waals surface area contributed by atoms with Crippen LogP contribution in [-0.2, 0) is 6.54 Å². The van der Waals surface area contributed by atoms with Crippen LogP contribution in [-0.4, -0.2) is 28.8 Å². The molecule has 1 unspecified atom stereocenters. The number of nitrogens with two attached hydrogens (primary N) is 1. The molecule has 0 aliphatic rings. The van der Waals surface area contributed by atoms with E-state index in [1.807, 2.05) is 32.0 Å². The van der Waals surface area contributed by atoms with Gasteiger partial charge in [-0.2, -0.15) is 0 Å². The number of amidine groups is 1. The summed E-state index contributed by atoms with van der Waals surface area (Å²) in [5, 5.41) is 24.4. The maximum absolute atomic E-state index is 9.65. The Kier molecular flexibility index (Phi) is 5.61. The molecule has 0 aromatic heterocycles. The van der Waals surface area contributed by atoms with E-state index in [1.54, 1.807) is 6.07 Å². The summed E-state index contributed by atoms with van der Waals surface area (Å²) in [6.07, 6.45) is -0.350. The molecule has 1 atom stereocenters. The highest BCUT2D eigenvalue weighted by Gasteiger charge is 2.08. The van der Waals surface area contributed by atoms with Crippen LogP contribution in [0.25, 0.3) is 0 Å². The summed E-state index contributed by atoms with van der Waals surface area (Å²) >= 11 is 0. The third-order valence-electron chi connectivity index (χ3n) is 2.78. The summed E-state index contributed by atoms with van der Waals surface area (Å²) < 4.78 is 0. The second kappa shape index (κ2) is 6.98. The summed E-state index contributed by atoms with van der Waals surface area (Å²) in [5.41, 5.74) is 7.22. The van der Waals surface area contributed by atoms with Crippen LogP contribution in [0.3, 0.4) is 0 Å². The van der Waals surface area contributed by atoms with Gasteiger partial charge in [0, 0.05) is 18.7 Å². The molecule has 100 valence electrons. The van der Waals surface area contributed by atoms with Crippen molar-refractivity contribution in [2.75, 3.05) is 6.54 Å². The number of nitrogens with zero attached hydrogens (tertiary/aromatic N) is 1. The topological polar surface area (TPSA) is 90.9 Å². The molecule has 0 aliphatic carbocycles. The highest BCUT2D eigenvalue weighted by Crippen LogP contribution is 2.05. The predicted molar refractivity (Wildman–Crippen MR) is 71.5 cm³/mol. The summed E-state index contributed by atoms with van der Waals surface area (Å²) in [4.78, 5) is 0. The Morgan fingerprint density at radius 1 is 1.44 bits per heavy atom. The van der Waals surface area contributed by atoms with E-state index in [9.17, 15) is 5.11 Å². The lowest BCUT2D eigenvalue weighted by Gasteiger charge is -2.15. The van der Waals surface area contributed by atoms with Crippen LogP contribution in [0.15, 0.2) is 29.4 Å². The summed E-state index contributed by atoms with van der Waals surface area (Å²) in [5.74, 6) is 0.333. The van der Waals surface area contributed by atoms with Gasteiger partial charge >= 0.3 is 0 Å². The first-order valence-corrected chi connectivity index (χ1v) is 6.00. The fourth-order valence-corrected chi connectivity index (χ4v) is 1.50. The van der Waals surface area contributed by atoms with Crippen molar-refractivity contribution in [1.29, 1.82) is 0 Å². The Bertz CT molecular complexity index is 405. The zero-order valence-electron chi connectivity index (χ0n) is 10.8. The van der Waals surface area contributed by atoms with Crippen molar-refractivity contribution >= 4 is 5.84 Å². The molecule has 5 N–H and O–H groups in total. The quantitative estimate of drug-likeness (QED) is 0.261. The Balaban J connectivity index is 2.53. The summed E-state index contributed by atoms with van der Waals surface area (Å²) in [6, 6.07) is 7.43. The molecule has 0 saturated carbocycles. The van der Waals surface area contributed by atoms with E-state index in [1.165, 1.54) is 0 Å². The van der Waals surface area contributed by atoms with Gasteiger partial charge in [0.15, 0.2) is 5.84 Å². The normalized spacial score (nSPS) is 13.9. The van der Waals surface area contributed by atoms with E-state index in [-0.39, 0.29) is 17.9 Å². The molecule has 0 amide bonds. The van der Waals surface area contributed by atoms with E-state index < -0.39 is 0 Å². The number of nitrogens with one attached hydrogen (secondary N) is 1. The Labute approximate surface area is 107 Å². The van der Waals surface area contributed by atoms with Crippen LogP contribution in [0.1, 0.15) is 25.0 Å². The third-order valence-corrected chi connectivity index (χ3v) is 2.78. The first-order valence-electron chi connectivity index (χ1n) is 6.00. The van der Waals surface area contributed by atoms with Crippen molar-refractivity contribution < 1.29 is 10.3 Å². The van der Waals surface area contributed by atoms with Gasteiger partial charge in [-0.1, -0.05) is 37.2 Å². The van der Waals surface area contributed by atoms with Crippen molar-refractivity contribution in [3.05, 3.63) is 35.4 Å². The largest absolute Gasteiger partial charge is 0.409 e. The van der Waals surface area contributed by atoms with Gasteiger partial charge < -0.3 is 21.4 Å². The first-order chi connectivity index (χ1) is 8.54. The lowest BCUT2D eigenvalue weighted by Crippen LogP contribution is -2.30. The fourth-order valence-electron chi connectivity index (χ4n) is 1.50. The molecular weight excluding hydrogens is 230 g/mol. The SMILES string of the molecule is CC(C)C(O)CNCc1cccc(/C(N)=N/O)c1. The molecule has 0 spiro atoms. The van der Waals surface area contributed by atoms with Gasteiger partial charge in [0.1, 0.15) is 0 Å². The number of hydrogen-bond acceptors (Lipinski definition) is 4. The van der Waals surface area contributed by atoms with Gasteiger partial charge in [-0.25, -0.2) is 0 Å². The Hall–Kier alpha value is -1.59. The van der Waals surface area contributed by atoms with Crippen molar-refractivity contribution in [2.24, 2.45) is 16.8 Å². The molecule has 1 aromatic rings. The van der Waals surface area contributed by atoms with Gasteiger partial charge in [-0.3, -0.25) is 0 Å². The van der Waals surface area contributed by atoms with Crippen molar-refractivity contribution in [2.45, 2.75) is 26.5 Å². The van der Waals surface area contributed by atoms with Crippen LogP contribution in [0.5, 0.6) is 0 Å². The Morgan fingerprint density at radius 2 is 2.17 bits per heavy atom. The minimum atomic E-state index is -0.350. The molecule has 5 nitrogen and oxygen atoms in total. The van der Waals surface area contributed by atoms with Gasteiger partial charge in [-0.05, 0) is 17.5 Å². The van der Waals surface area contributed by atoms with Crippen LogP contribution in [0.2, 0.25) is 0 Å². The van der Waals surface area contributed by atoms with Gasteiger partial charge in [0.25, 0.3) is 0 Å². The van der Waals surface area contributed by atoms with Gasteiger partial charge in [0.05, 0.1) is 6.10 Å². The maximum atomic E-state index is 9.65. The minimum Gasteiger partial charge on any atom is -0.409 e. The van der Waals surface area contributed by atoms with E-state index >= 15 is 0 Å². The first kappa shape index (κ1) is 14.5. The molecule has 1 aromatic carbocycles. The third kappa shape index (κ3) is 4.35. The summed E-state index contributed by atoms with van der Waals surface area (Å²) in [6.45, 7) is 5.14. The van der Waals surface area contributed by atoms with E-state index in [4.69, 9.17) is 10.9 Å². The number of benzene rings is 1. The van der Waals surface area contributed by atoms with Crippen molar-refractivity contribution in [3.63, 3.8) is 0 Å². The second-order valence-corrected chi connectivity index (χ2v) is 4.63. The maximum Gasteiger partial charge on any atom is 0.170 e. The number of hydrogen-bond donors (Lipinski definition) is 4. The van der Waals surface area contributed by atoms with Gasteiger partial charge in [-0.15, -0.1) is 0 Å².